The molecule has 1 heterocycles. The molecule has 0 saturated carbocycles. The number of fused-ring (bicyclic) bond motifs is 2. The monoisotopic (exact) mass is 439 g/mol. The van der Waals surface area contributed by atoms with Gasteiger partial charge in [-0.15, -0.1) is 0 Å². The molecule has 0 fully saturated rings. The Bertz CT molecular complexity index is 1270. The third kappa shape index (κ3) is 4.51. The van der Waals surface area contributed by atoms with Crippen molar-refractivity contribution in [1.82, 2.24) is 5.32 Å². The van der Waals surface area contributed by atoms with Crippen molar-refractivity contribution >= 4 is 10.8 Å². The second-order valence-corrected chi connectivity index (χ2v) is 9.13. The minimum atomic E-state index is -0.169. The van der Waals surface area contributed by atoms with E-state index in [1.807, 2.05) is 30.3 Å². The summed E-state index contributed by atoms with van der Waals surface area (Å²) < 4.78 is 20.6. The first-order chi connectivity index (χ1) is 16.1. The Morgan fingerprint density at radius 3 is 2.58 bits per heavy atom. The minimum Gasteiger partial charge on any atom is -0.490 e. The smallest absolute Gasteiger partial charge is 0.131 e. The van der Waals surface area contributed by atoms with Gasteiger partial charge in [0.1, 0.15) is 17.7 Å². The van der Waals surface area contributed by atoms with Crippen LogP contribution < -0.4 is 10.1 Å². The van der Waals surface area contributed by atoms with Crippen LogP contribution in [0.25, 0.3) is 10.8 Å². The van der Waals surface area contributed by atoms with Crippen molar-refractivity contribution in [1.29, 1.82) is 0 Å². The lowest BCUT2D eigenvalue weighted by atomic mass is 9.83. The Morgan fingerprint density at radius 1 is 0.939 bits per heavy atom. The van der Waals surface area contributed by atoms with E-state index in [1.165, 1.54) is 16.7 Å². The maximum absolute atomic E-state index is 14.2. The molecule has 0 aliphatic carbocycles. The average Bonchev–Trinajstić information content (AvgIpc) is 2.84. The quantitative estimate of drug-likeness (QED) is 0.340. The van der Waals surface area contributed by atoms with Gasteiger partial charge in [-0.3, -0.25) is 0 Å². The number of ether oxygens (including phenoxy) is 1. The van der Waals surface area contributed by atoms with Gasteiger partial charge in [0.2, 0.25) is 0 Å². The van der Waals surface area contributed by atoms with E-state index in [2.05, 4.69) is 67.7 Å². The summed E-state index contributed by atoms with van der Waals surface area (Å²) in [7, 11) is 0. The zero-order valence-electron chi connectivity index (χ0n) is 19.2. The molecular weight excluding hydrogens is 409 g/mol. The van der Waals surface area contributed by atoms with Gasteiger partial charge in [0.15, 0.2) is 0 Å². The highest BCUT2D eigenvalue weighted by Gasteiger charge is 2.29. The van der Waals surface area contributed by atoms with Crippen LogP contribution in [0.4, 0.5) is 4.39 Å². The van der Waals surface area contributed by atoms with Crippen LogP contribution in [0.15, 0.2) is 84.9 Å². The molecule has 4 aromatic rings. The van der Waals surface area contributed by atoms with Gasteiger partial charge in [0, 0.05) is 22.9 Å². The lowest BCUT2D eigenvalue weighted by Gasteiger charge is -2.33. The predicted octanol–water partition coefficient (Wildman–Crippen LogP) is 7.31. The lowest BCUT2D eigenvalue weighted by molar-refractivity contribution is 0.154. The molecule has 4 aromatic carbocycles. The predicted molar refractivity (Wildman–Crippen MR) is 133 cm³/mol. The molecular formula is C30H30FNO. The summed E-state index contributed by atoms with van der Waals surface area (Å²) in [6, 6.07) is 28.6. The molecule has 0 radical (unpaired) electrons. The van der Waals surface area contributed by atoms with Crippen LogP contribution in [0.5, 0.6) is 5.75 Å². The summed E-state index contributed by atoms with van der Waals surface area (Å²) in [5.74, 6) is 1.18. The molecule has 3 unspecified atom stereocenters. The molecule has 2 nitrogen and oxygen atoms in total. The Morgan fingerprint density at radius 2 is 1.73 bits per heavy atom. The van der Waals surface area contributed by atoms with E-state index in [4.69, 9.17) is 4.74 Å². The van der Waals surface area contributed by atoms with E-state index in [9.17, 15) is 4.39 Å². The summed E-state index contributed by atoms with van der Waals surface area (Å²) >= 11 is 0. The number of para-hydroxylation sites is 1. The highest BCUT2D eigenvalue weighted by atomic mass is 19.1. The van der Waals surface area contributed by atoms with E-state index in [-0.39, 0.29) is 18.0 Å². The first-order valence-electron chi connectivity index (χ1n) is 11.8. The second kappa shape index (κ2) is 9.36. The molecule has 33 heavy (non-hydrogen) atoms. The normalized spacial score (nSPS) is 18.5. The van der Waals surface area contributed by atoms with Crippen LogP contribution in [0, 0.1) is 12.7 Å². The summed E-state index contributed by atoms with van der Waals surface area (Å²) in [4.78, 5) is 0. The number of halogens is 1. The second-order valence-electron chi connectivity index (χ2n) is 9.13. The van der Waals surface area contributed by atoms with Gasteiger partial charge in [-0.2, -0.15) is 0 Å². The van der Waals surface area contributed by atoms with Gasteiger partial charge < -0.3 is 10.1 Å². The number of hydrogen-bond acceptors (Lipinski definition) is 2. The van der Waals surface area contributed by atoms with Crippen LogP contribution in [-0.4, -0.2) is 12.6 Å². The molecule has 168 valence electrons. The van der Waals surface area contributed by atoms with Crippen molar-refractivity contribution in [2.24, 2.45) is 0 Å². The van der Waals surface area contributed by atoms with Crippen molar-refractivity contribution in [3.8, 4) is 5.75 Å². The Balaban J connectivity index is 1.29. The van der Waals surface area contributed by atoms with E-state index in [0.29, 0.717) is 11.3 Å². The van der Waals surface area contributed by atoms with Gasteiger partial charge in [-0.05, 0) is 61.9 Å². The van der Waals surface area contributed by atoms with Crippen LogP contribution in [-0.2, 0) is 0 Å². The molecule has 0 bridgehead atoms. The molecule has 1 aliphatic rings. The maximum Gasteiger partial charge on any atom is 0.131 e. The molecule has 5 rings (SSSR count). The molecule has 3 heteroatoms. The topological polar surface area (TPSA) is 21.3 Å². The molecule has 0 amide bonds. The lowest BCUT2D eigenvalue weighted by Crippen LogP contribution is -2.31. The maximum atomic E-state index is 14.2. The van der Waals surface area contributed by atoms with Crippen LogP contribution >= 0.6 is 0 Å². The van der Waals surface area contributed by atoms with Gasteiger partial charge in [-0.1, -0.05) is 78.4 Å². The van der Waals surface area contributed by atoms with Crippen LogP contribution in [0.3, 0.4) is 0 Å². The fraction of sp³-hybridized carbons (Fsp3) is 0.267. The fourth-order valence-corrected chi connectivity index (χ4v) is 5.11. The summed E-state index contributed by atoms with van der Waals surface area (Å²) in [5.41, 5.74) is 5.04. The van der Waals surface area contributed by atoms with Crippen LogP contribution in [0.1, 0.15) is 54.0 Å². The first-order valence-corrected chi connectivity index (χ1v) is 11.8. The molecule has 3 atom stereocenters. The fourth-order valence-electron chi connectivity index (χ4n) is 5.11. The summed E-state index contributed by atoms with van der Waals surface area (Å²) in [6.07, 6.45) is 2.03. The Labute approximate surface area is 195 Å². The molecule has 0 saturated heterocycles. The molecule has 1 aliphatic heterocycles. The third-order valence-electron chi connectivity index (χ3n) is 6.82. The number of benzene rings is 4. The zero-order valence-corrected chi connectivity index (χ0v) is 19.2. The standard InChI is InChI=1S/C30H30FNO/c1-20-8-7-9-22(18-20)28-19-23(33-30-13-6-5-12-27(28)30)16-17-32-21(2)24-14-15-29(31)26-11-4-3-10-25(24)26/h3-15,18,21,23,28,32H,16-17,19H2,1-2H3. The summed E-state index contributed by atoms with van der Waals surface area (Å²) in [5, 5.41) is 5.29. The van der Waals surface area contributed by atoms with Gasteiger partial charge in [-0.25, -0.2) is 4.39 Å². The average molecular weight is 440 g/mol. The number of rotatable bonds is 6. The Kier molecular flexibility index (Phi) is 6.15. The van der Waals surface area contributed by atoms with Crippen molar-refractivity contribution in [2.75, 3.05) is 6.54 Å². The highest BCUT2D eigenvalue weighted by molar-refractivity contribution is 5.86. The van der Waals surface area contributed by atoms with E-state index >= 15 is 0 Å². The highest BCUT2D eigenvalue weighted by Crippen LogP contribution is 2.41. The molecule has 0 aromatic heterocycles. The number of nitrogens with one attached hydrogen (secondary N) is 1. The van der Waals surface area contributed by atoms with Crippen molar-refractivity contribution in [3.63, 3.8) is 0 Å². The SMILES string of the molecule is Cc1cccc(C2CC(CCNC(C)c3ccc(F)c4ccccc34)Oc3ccccc32)c1. The summed E-state index contributed by atoms with van der Waals surface area (Å²) in [6.45, 7) is 5.13. The Hall–Kier alpha value is -3.17. The van der Waals surface area contributed by atoms with Crippen molar-refractivity contribution < 1.29 is 9.13 Å². The minimum absolute atomic E-state index is 0.124. The largest absolute Gasteiger partial charge is 0.490 e. The van der Waals surface area contributed by atoms with Gasteiger partial charge >= 0.3 is 0 Å². The van der Waals surface area contributed by atoms with Gasteiger partial charge in [0.05, 0.1) is 0 Å². The van der Waals surface area contributed by atoms with E-state index in [0.717, 1.165) is 36.1 Å². The molecule has 0 spiro atoms. The van der Waals surface area contributed by atoms with E-state index in [1.54, 1.807) is 6.07 Å². The first kappa shape index (κ1) is 21.7. The van der Waals surface area contributed by atoms with Crippen LogP contribution in [0.2, 0.25) is 0 Å². The van der Waals surface area contributed by atoms with Crippen molar-refractivity contribution in [3.05, 3.63) is 113 Å². The number of aryl methyl sites for hydroxylation is 1. The third-order valence-corrected chi connectivity index (χ3v) is 6.82. The zero-order chi connectivity index (χ0) is 22.8. The number of hydrogen-bond donors (Lipinski definition) is 1. The van der Waals surface area contributed by atoms with Gasteiger partial charge in [0.25, 0.3) is 0 Å². The van der Waals surface area contributed by atoms with Crippen molar-refractivity contribution in [2.45, 2.75) is 44.8 Å². The van der Waals surface area contributed by atoms with E-state index < -0.39 is 0 Å². The molecule has 1 N–H and O–H groups in total.